The Morgan fingerprint density at radius 3 is 3.06 bits per heavy atom. The van der Waals surface area contributed by atoms with E-state index in [4.69, 9.17) is 10.8 Å². The van der Waals surface area contributed by atoms with Crippen molar-refractivity contribution in [3.8, 4) is 0 Å². The fourth-order valence-electron chi connectivity index (χ4n) is 1.50. The van der Waals surface area contributed by atoms with Crippen LogP contribution in [0.5, 0.6) is 0 Å². The summed E-state index contributed by atoms with van der Waals surface area (Å²) in [5.74, 6) is -0.918. The van der Waals surface area contributed by atoms with Gasteiger partial charge >= 0.3 is 5.97 Å². The zero-order valence-corrected chi connectivity index (χ0v) is 8.50. The number of aliphatic carboxylic acids is 1. The van der Waals surface area contributed by atoms with E-state index in [1.165, 1.54) is 0 Å². The monoisotopic (exact) mass is 217 g/mol. The van der Waals surface area contributed by atoms with Gasteiger partial charge < -0.3 is 10.8 Å². The van der Waals surface area contributed by atoms with Gasteiger partial charge in [-0.3, -0.25) is 14.8 Å². The Bertz CT molecular complexity index is 527. The van der Waals surface area contributed by atoms with Crippen molar-refractivity contribution in [1.82, 2.24) is 9.97 Å². The minimum Gasteiger partial charge on any atom is -0.481 e. The number of carbonyl (C=O) groups is 1. The van der Waals surface area contributed by atoms with Crippen LogP contribution in [-0.4, -0.2) is 21.0 Å². The lowest BCUT2D eigenvalue weighted by molar-refractivity contribution is -0.137. The maximum atomic E-state index is 10.5. The van der Waals surface area contributed by atoms with Crippen LogP contribution in [0.1, 0.15) is 18.0 Å². The number of pyridine rings is 2. The molecule has 0 aliphatic heterocycles. The molecule has 1 atom stereocenters. The molecule has 0 saturated carbocycles. The van der Waals surface area contributed by atoms with E-state index < -0.39 is 12.0 Å². The Morgan fingerprint density at radius 2 is 2.31 bits per heavy atom. The Kier molecular flexibility index (Phi) is 2.78. The largest absolute Gasteiger partial charge is 0.481 e. The number of rotatable bonds is 3. The van der Waals surface area contributed by atoms with Gasteiger partial charge in [-0.05, 0) is 17.7 Å². The first-order valence-corrected chi connectivity index (χ1v) is 4.84. The second kappa shape index (κ2) is 4.24. The van der Waals surface area contributed by atoms with Gasteiger partial charge in [0.2, 0.25) is 0 Å². The minimum atomic E-state index is -0.918. The van der Waals surface area contributed by atoms with Gasteiger partial charge in [-0.2, -0.15) is 0 Å². The van der Waals surface area contributed by atoms with Crippen LogP contribution in [0.4, 0.5) is 0 Å². The summed E-state index contributed by atoms with van der Waals surface area (Å²) in [5, 5.41) is 9.51. The average molecular weight is 217 g/mol. The number of nitrogens with zero attached hydrogens (tertiary/aromatic N) is 2. The first-order valence-electron chi connectivity index (χ1n) is 4.84. The molecule has 5 nitrogen and oxygen atoms in total. The highest BCUT2D eigenvalue weighted by molar-refractivity contribution is 5.78. The molecule has 2 heterocycles. The number of nitrogens with two attached hydrogens (primary N) is 1. The molecule has 0 bridgehead atoms. The summed E-state index contributed by atoms with van der Waals surface area (Å²) < 4.78 is 0. The van der Waals surface area contributed by atoms with Gasteiger partial charge in [0.25, 0.3) is 0 Å². The van der Waals surface area contributed by atoms with Crippen LogP contribution < -0.4 is 5.73 Å². The Morgan fingerprint density at radius 1 is 1.50 bits per heavy atom. The van der Waals surface area contributed by atoms with E-state index in [0.717, 1.165) is 10.9 Å². The molecule has 0 spiro atoms. The Balaban J connectivity index is 2.35. The second-order valence-electron chi connectivity index (χ2n) is 3.54. The molecule has 0 fully saturated rings. The normalized spacial score (nSPS) is 12.6. The zero-order chi connectivity index (χ0) is 11.5. The summed E-state index contributed by atoms with van der Waals surface area (Å²) in [7, 11) is 0. The summed E-state index contributed by atoms with van der Waals surface area (Å²) in [6.07, 6.45) is 4.84. The molecule has 2 rings (SSSR count). The first-order chi connectivity index (χ1) is 7.66. The summed E-state index contributed by atoms with van der Waals surface area (Å²) in [5.41, 5.74) is 7.28. The third kappa shape index (κ3) is 2.14. The van der Waals surface area contributed by atoms with Gasteiger partial charge in [0.05, 0.1) is 11.9 Å². The number of carboxylic acids is 1. The standard InChI is InChI=1S/C11H11N3O2/c12-9(4-11(15)16)7-3-8-5-13-2-1-10(8)14-6-7/h1-3,5-6,9H,4,12H2,(H,15,16). The molecule has 3 N–H and O–H groups in total. The van der Waals surface area contributed by atoms with E-state index in [0.29, 0.717) is 5.56 Å². The maximum Gasteiger partial charge on any atom is 0.305 e. The van der Waals surface area contributed by atoms with E-state index in [2.05, 4.69) is 9.97 Å². The van der Waals surface area contributed by atoms with Crippen molar-refractivity contribution in [2.75, 3.05) is 0 Å². The van der Waals surface area contributed by atoms with Crippen molar-refractivity contribution in [1.29, 1.82) is 0 Å². The van der Waals surface area contributed by atoms with Crippen molar-refractivity contribution in [3.05, 3.63) is 36.3 Å². The molecule has 82 valence electrons. The number of carboxylic acid groups (broad SMARTS) is 1. The van der Waals surface area contributed by atoms with Crippen molar-refractivity contribution < 1.29 is 9.90 Å². The van der Waals surface area contributed by atoms with E-state index in [-0.39, 0.29) is 6.42 Å². The molecule has 5 heteroatoms. The second-order valence-corrected chi connectivity index (χ2v) is 3.54. The van der Waals surface area contributed by atoms with Crippen LogP contribution in [0, 0.1) is 0 Å². The quantitative estimate of drug-likeness (QED) is 0.803. The SMILES string of the molecule is NC(CC(=O)O)c1cnc2ccncc2c1. The molecule has 0 aliphatic rings. The minimum absolute atomic E-state index is 0.104. The highest BCUT2D eigenvalue weighted by Crippen LogP contribution is 2.17. The molecule has 2 aromatic heterocycles. The molecular weight excluding hydrogens is 206 g/mol. The topological polar surface area (TPSA) is 89.1 Å². The summed E-state index contributed by atoms with van der Waals surface area (Å²) >= 11 is 0. The van der Waals surface area contributed by atoms with Crippen LogP contribution in [-0.2, 0) is 4.79 Å². The number of fused-ring (bicyclic) bond motifs is 1. The van der Waals surface area contributed by atoms with E-state index in [1.807, 2.05) is 6.07 Å². The van der Waals surface area contributed by atoms with E-state index in [9.17, 15) is 4.79 Å². The third-order valence-electron chi connectivity index (χ3n) is 2.33. The van der Waals surface area contributed by atoms with Gasteiger partial charge in [0.1, 0.15) is 0 Å². The van der Waals surface area contributed by atoms with Crippen molar-refractivity contribution in [2.24, 2.45) is 5.73 Å². The van der Waals surface area contributed by atoms with E-state index in [1.54, 1.807) is 24.7 Å². The van der Waals surface area contributed by atoms with Crippen LogP contribution in [0.2, 0.25) is 0 Å². The smallest absolute Gasteiger partial charge is 0.305 e. The Hall–Kier alpha value is -2.01. The molecule has 0 aromatic carbocycles. The highest BCUT2D eigenvalue weighted by Gasteiger charge is 2.11. The molecule has 0 amide bonds. The molecule has 0 saturated heterocycles. The van der Waals surface area contributed by atoms with E-state index >= 15 is 0 Å². The lowest BCUT2D eigenvalue weighted by Crippen LogP contribution is -2.15. The van der Waals surface area contributed by atoms with Gasteiger partial charge in [0, 0.05) is 30.0 Å². The molecule has 0 aliphatic carbocycles. The van der Waals surface area contributed by atoms with Gasteiger partial charge in [0.15, 0.2) is 0 Å². The third-order valence-corrected chi connectivity index (χ3v) is 2.33. The molecule has 2 aromatic rings. The van der Waals surface area contributed by atoms with Crippen LogP contribution in [0.3, 0.4) is 0 Å². The van der Waals surface area contributed by atoms with Gasteiger partial charge in [-0.25, -0.2) is 0 Å². The predicted molar refractivity (Wildman–Crippen MR) is 58.7 cm³/mol. The van der Waals surface area contributed by atoms with Crippen molar-refractivity contribution >= 4 is 16.9 Å². The van der Waals surface area contributed by atoms with Crippen LogP contribution in [0.25, 0.3) is 10.9 Å². The fourth-order valence-corrected chi connectivity index (χ4v) is 1.50. The van der Waals surface area contributed by atoms with Gasteiger partial charge in [-0.1, -0.05) is 0 Å². The molecule has 0 radical (unpaired) electrons. The molecule has 1 unspecified atom stereocenters. The summed E-state index contributed by atoms with van der Waals surface area (Å²) in [6.45, 7) is 0. The molecular formula is C11H11N3O2. The highest BCUT2D eigenvalue weighted by atomic mass is 16.4. The number of aromatic nitrogens is 2. The Labute approximate surface area is 91.9 Å². The lowest BCUT2D eigenvalue weighted by Gasteiger charge is -2.09. The van der Waals surface area contributed by atoms with Crippen LogP contribution in [0.15, 0.2) is 30.7 Å². The molecule has 16 heavy (non-hydrogen) atoms. The number of hydrogen-bond donors (Lipinski definition) is 2. The predicted octanol–water partition coefficient (Wildman–Crippen LogP) is 1.10. The zero-order valence-electron chi connectivity index (χ0n) is 8.50. The first kappa shape index (κ1) is 10.5. The summed E-state index contributed by atoms with van der Waals surface area (Å²) in [4.78, 5) is 18.7. The van der Waals surface area contributed by atoms with Gasteiger partial charge in [-0.15, -0.1) is 0 Å². The summed E-state index contributed by atoms with van der Waals surface area (Å²) in [6, 6.07) is 3.08. The lowest BCUT2D eigenvalue weighted by atomic mass is 10.1. The van der Waals surface area contributed by atoms with Crippen molar-refractivity contribution in [3.63, 3.8) is 0 Å². The average Bonchev–Trinajstić information content (AvgIpc) is 2.27. The fraction of sp³-hybridized carbons (Fsp3) is 0.182. The number of hydrogen-bond acceptors (Lipinski definition) is 4. The van der Waals surface area contributed by atoms with Crippen LogP contribution >= 0.6 is 0 Å². The van der Waals surface area contributed by atoms with Crippen molar-refractivity contribution in [2.45, 2.75) is 12.5 Å². The maximum absolute atomic E-state index is 10.5.